The molecule has 2 aliphatic heterocycles. The van der Waals surface area contributed by atoms with Crippen molar-refractivity contribution in [1.82, 2.24) is 14.5 Å². The van der Waals surface area contributed by atoms with E-state index in [0.29, 0.717) is 37.2 Å². The maximum absolute atomic E-state index is 14.9. The van der Waals surface area contributed by atoms with Crippen LogP contribution in [-0.2, 0) is 22.3 Å². The van der Waals surface area contributed by atoms with Gasteiger partial charge < -0.3 is 14.6 Å². The number of nitrogens with one attached hydrogen (secondary N) is 1. The molecular formula is C32H36F5N5O3S. The first kappa shape index (κ1) is 33.7. The van der Waals surface area contributed by atoms with Gasteiger partial charge in [0, 0.05) is 56.2 Å². The Morgan fingerprint density at radius 3 is 2.39 bits per heavy atom. The number of likely N-dealkylation sites (tertiary alicyclic amines) is 1. The maximum Gasteiger partial charge on any atom is 0.416 e. The smallest absolute Gasteiger partial charge is 0.416 e. The summed E-state index contributed by atoms with van der Waals surface area (Å²) in [4.78, 5) is 32.7. The lowest BCUT2D eigenvalue weighted by Crippen LogP contribution is -2.38. The molecule has 2 fully saturated rings. The molecule has 2 aromatic carbocycles. The summed E-state index contributed by atoms with van der Waals surface area (Å²) in [6.45, 7) is 6.26. The molecule has 2 saturated heterocycles. The lowest BCUT2D eigenvalue weighted by molar-refractivity contribution is -0.142. The Hall–Kier alpha value is -3.65. The molecule has 3 heterocycles. The van der Waals surface area contributed by atoms with Crippen LogP contribution in [0.3, 0.4) is 0 Å². The van der Waals surface area contributed by atoms with Gasteiger partial charge in [-0.15, -0.1) is 0 Å². The molecule has 0 radical (unpaired) electrons. The number of carboxylic acids is 1. The van der Waals surface area contributed by atoms with E-state index in [-0.39, 0.29) is 36.7 Å². The SMILES string of the molecule is Cc1cc(N2CCC(C(=O)O)CC2)c(Cn2ccnc2NC(=O)[C@@H]2CN(C(C)(C)S)C[C@H]2c2ccc(F)cc2F)cc1C(F)(F)F. The van der Waals surface area contributed by atoms with Crippen LogP contribution in [0.4, 0.5) is 33.6 Å². The summed E-state index contributed by atoms with van der Waals surface area (Å²) in [5.74, 6) is -4.67. The molecule has 3 aromatic rings. The van der Waals surface area contributed by atoms with Gasteiger partial charge in [0.15, 0.2) is 0 Å². The van der Waals surface area contributed by atoms with E-state index in [1.807, 2.05) is 23.6 Å². The number of aromatic nitrogens is 2. The third kappa shape index (κ3) is 7.17. The number of nitrogens with zero attached hydrogens (tertiary/aromatic N) is 4. The van der Waals surface area contributed by atoms with Crippen molar-refractivity contribution in [3.8, 4) is 0 Å². The van der Waals surface area contributed by atoms with Gasteiger partial charge in [-0.05, 0) is 68.5 Å². The van der Waals surface area contributed by atoms with Crippen molar-refractivity contribution in [1.29, 1.82) is 0 Å². The molecule has 0 unspecified atom stereocenters. The molecule has 0 spiro atoms. The number of imidazole rings is 1. The van der Waals surface area contributed by atoms with Crippen LogP contribution < -0.4 is 10.2 Å². The van der Waals surface area contributed by atoms with Gasteiger partial charge in [0.1, 0.15) is 11.6 Å². The van der Waals surface area contributed by atoms with Crippen LogP contribution in [0.2, 0.25) is 0 Å². The summed E-state index contributed by atoms with van der Waals surface area (Å²) in [5, 5.41) is 12.2. The van der Waals surface area contributed by atoms with E-state index in [0.717, 1.165) is 18.2 Å². The first-order valence-corrected chi connectivity index (χ1v) is 15.4. The number of aryl methyl sites for hydroxylation is 1. The molecule has 0 aliphatic carbocycles. The van der Waals surface area contributed by atoms with E-state index in [9.17, 15) is 36.6 Å². The van der Waals surface area contributed by atoms with E-state index in [2.05, 4.69) is 22.9 Å². The second-order valence-electron chi connectivity index (χ2n) is 12.5. The van der Waals surface area contributed by atoms with Crippen LogP contribution in [0.25, 0.3) is 0 Å². The number of benzene rings is 2. The zero-order valence-electron chi connectivity index (χ0n) is 25.6. The molecule has 1 aromatic heterocycles. The fourth-order valence-corrected chi connectivity index (χ4v) is 6.58. The molecule has 248 valence electrons. The van der Waals surface area contributed by atoms with Gasteiger partial charge in [-0.25, -0.2) is 13.8 Å². The van der Waals surface area contributed by atoms with E-state index in [4.69, 9.17) is 0 Å². The number of carbonyl (C=O) groups excluding carboxylic acids is 1. The number of carboxylic acid groups (broad SMARTS) is 1. The quantitative estimate of drug-likeness (QED) is 0.198. The average molecular weight is 666 g/mol. The number of amides is 1. The molecule has 2 aliphatic rings. The van der Waals surface area contributed by atoms with Gasteiger partial charge in [0.05, 0.1) is 28.8 Å². The third-order valence-electron chi connectivity index (χ3n) is 9.00. The number of hydrogen-bond acceptors (Lipinski definition) is 6. The minimum Gasteiger partial charge on any atom is -0.481 e. The number of carbonyl (C=O) groups is 2. The normalized spacial score (nSPS) is 19.9. The highest BCUT2D eigenvalue weighted by Gasteiger charge is 2.44. The summed E-state index contributed by atoms with van der Waals surface area (Å²) in [7, 11) is 0. The number of thiol groups is 1. The van der Waals surface area contributed by atoms with Crippen LogP contribution in [0.5, 0.6) is 0 Å². The summed E-state index contributed by atoms with van der Waals surface area (Å²) in [6, 6.07) is 5.83. The molecule has 5 rings (SSSR count). The molecule has 8 nitrogen and oxygen atoms in total. The van der Waals surface area contributed by atoms with Crippen molar-refractivity contribution in [2.45, 2.75) is 57.1 Å². The van der Waals surface area contributed by atoms with Crippen LogP contribution in [-0.4, -0.2) is 62.5 Å². The molecule has 0 saturated carbocycles. The minimum absolute atomic E-state index is 0.0442. The second kappa shape index (κ2) is 12.9. The summed E-state index contributed by atoms with van der Waals surface area (Å²) in [6.07, 6.45) is -0.921. The van der Waals surface area contributed by atoms with Crippen LogP contribution in [0, 0.1) is 30.4 Å². The van der Waals surface area contributed by atoms with Gasteiger partial charge in [-0.1, -0.05) is 6.07 Å². The third-order valence-corrected chi connectivity index (χ3v) is 9.28. The highest BCUT2D eigenvalue weighted by Crippen LogP contribution is 2.40. The summed E-state index contributed by atoms with van der Waals surface area (Å²) >= 11 is 4.63. The first-order chi connectivity index (χ1) is 21.5. The van der Waals surface area contributed by atoms with Crippen molar-refractivity contribution < 1.29 is 36.6 Å². The Morgan fingerprint density at radius 1 is 1.09 bits per heavy atom. The van der Waals surface area contributed by atoms with E-state index < -0.39 is 57.9 Å². The van der Waals surface area contributed by atoms with Crippen molar-refractivity contribution in [3.63, 3.8) is 0 Å². The van der Waals surface area contributed by atoms with Crippen molar-refractivity contribution in [3.05, 3.63) is 76.6 Å². The van der Waals surface area contributed by atoms with Crippen LogP contribution >= 0.6 is 12.6 Å². The monoisotopic (exact) mass is 665 g/mol. The van der Waals surface area contributed by atoms with Gasteiger partial charge in [-0.3, -0.25) is 19.8 Å². The van der Waals surface area contributed by atoms with Gasteiger partial charge in [0.2, 0.25) is 11.9 Å². The molecule has 1 amide bonds. The average Bonchev–Trinajstić information content (AvgIpc) is 3.60. The molecule has 2 N–H and O–H groups in total. The predicted octanol–water partition coefficient (Wildman–Crippen LogP) is 6.16. The van der Waals surface area contributed by atoms with Crippen molar-refractivity contribution >= 4 is 36.1 Å². The first-order valence-electron chi connectivity index (χ1n) is 15.0. The Kier molecular flexibility index (Phi) is 9.42. The number of anilines is 2. The van der Waals surface area contributed by atoms with Gasteiger partial charge in [-0.2, -0.15) is 25.8 Å². The van der Waals surface area contributed by atoms with E-state index in [1.54, 1.807) is 0 Å². The number of aliphatic carboxylic acids is 1. The van der Waals surface area contributed by atoms with E-state index >= 15 is 0 Å². The second-order valence-corrected chi connectivity index (χ2v) is 13.6. The van der Waals surface area contributed by atoms with Crippen LogP contribution in [0.1, 0.15) is 54.9 Å². The lowest BCUT2D eigenvalue weighted by atomic mass is 9.88. The summed E-state index contributed by atoms with van der Waals surface area (Å²) in [5.41, 5.74) is 0.329. The lowest BCUT2D eigenvalue weighted by Gasteiger charge is -2.34. The molecule has 14 heteroatoms. The highest BCUT2D eigenvalue weighted by atomic mass is 32.1. The molecule has 2 atom stereocenters. The standard InChI is InChI=1S/C32H36F5N5O3S/c1-18-12-27(40-9-6-19(7-10-40)29(44)45)20(13-25(18)32(35,36)37)15-41-11-8-38-30(41)39-28(43)24-17-42(31(2,3)46)16-23(24)22-5-4-21(33)14-26(22)34/h4-5,8,11-14,19,23-24,46H,6-7,9-10,15-17H2,1-3H3,(H,44,45)(H,38,39,43)/t23-,24+/m0/s1. The zero-order valence-corrected chi connectivity index (χ0v) is 26.5. The number of piperidine rings is 1. The number of halogens is 5. The number of alkyl halides is 3. The Labute approximate surface area is 269 Å². The van der Waals surface area contributed by atoms with Gasteiger partial charge in [0.25, 0.3) is 0 Å². The number of rotatable bonds is 8. The molecular weight excluding hydrogens is 629 g/mol. The molecule has 46 heavy (non-hydrogen) atoms. The van der Waals surface area contributed by atoms with E-state index in [1.165, 1.54) is 36.0 Å². The zero-order chi connectivity index (χ0) is 33.6. The van der Waals surface area contributed by atoms with Crippen molar-refractivity contribution in [2.24, 2.45) is 11.8 Å². The molecule has 0 bridgehead atoms. The maximum atomic E-state index is 14.9. The fourth-order valence-electron chi connectivity index (χ4n) is 6.41. The number of hydrogen-bond donors (Lipinski definition) is 3. The largest absolute Gasteiger partial charge is 0.481 e. The van der Waals surface area contributed by atoms with Crippen LogP contribution in [0.15, 0.2) is 42.7 Å². The fraction of sp³-hybridized carbons (Fsp3) is 0.469. The Morgan fingerprint density at radius 2 is 1.78 bits per heavy atom. The summed E-state index contributed by atoms with van der Waals surface area (Å²) < 4.78 is 72.1. The highest BCUT2D eigenvalue weighted by molar-refractivity contribution is 7.81. The topological polar surface area (TPSA) is 90.7 Å². The Balaban J connectivity index is 1.43. The predicted molar refractivity (Wildman–Crippen MR) is 166 cm³/mol. The van der Waals surface area contributed by atoms with Crippen molar-refractivity contribution in [2.75, 3.05) is 36.4 Å². The van der Waals surface area contributed by atoms with Gasteiger partial charge >= 0.3 is 12.1 Å². The minimum atomic E-state index is -4.60. The Bertz CT molecular complexity index is 1610.